The van der Waals surface area contributed by atoms with Crippen LogP contribution in [0.15, 0.2) is 24.3 Å². The zero-order chi connectivity index (χ0) is 19.1. The third-order valence-electron chi connectivity index (χ3n) is 5.18. The number of carbonyl (C=O) groups is 2. The van der Waals surface area contributed by atoms with E-state index in [0.29, 0.717) is 10.7 Å². The minimum Gasteiger partial charge on any atom is -0.373 e. The number of benzene rings is 1. The van der Waals surface area contributed by atoms with Crippen molar-refractivity contribution in [3.05, 3.63) is 29.3 Å². The van der Waals surface area contributed by atoms with Crippen molar-refractivity contribution >= 4 is 29.1 Å². The van der Waals surface area contributed by atoms with Gasteiger partial charge in [0.15, 0.2) is 0 Å². The minimum absolute atomic E-state index is 0.0263. The van der Waals surface area contributed by atoms with Crippen LogP contribution in [-0.4, -0.2) is 42.0 Å². The highest BCUT2D eigenvalue weighted by Gasteiger charge is 2.65. The van der Waals surface area contributed by atoms with Gasteiger partial charge in [-0.15, -0.1) is 0 Å². The third-order valence-corrected chi connectivity index (χ3v) is 5.51. The average Bonchev–Trinajstić information content (AvgIpc) is 3.22. The summed E-state index contributed by atoms with van der Waals surface area (Å²) in [6.07, 6.45) is 3.05. The summed E-state index contributed by atoms with van der Waals surface area (Å²) < 4.78 is 5.98. The SMILES string of the molecule is CN(CC(=O)Nc1ccccc1Cl)C(=O)C1CC12CC(OC(C)(C)C)C2. The normalized spacial score (nSPS) is 27.0. The number of halogens is 1. The van der Waals surface area contributed by atoms with Gasteiger partial charge in [0, 0.05) is 13.0 Å². The van der Waals surface area contributed by atoms with Crippen LogP contribution < -0.4 is 5.32 Å². The van der Waals surface area contributed by atoms with Gasteiger partial charge in [-0.25, -0.2) is 0 Å². The van der Waals surface area contributed by atoms with Gasteiger partial charge < -0.3 is 15.0 Å². The van der Waals surface area contributed by atoms with E-state index in [1.165, 1.54) is 4.90 Å². The number of para-hydroxylation sites is 1. The lowest BCUT2D eigenvalue weighted by Gasteiger charge is -2.40. The number of anilines is 1. The molecule has 1 aromatic carbocycles. The first-order valence-electron chi connectivity index (χ1n) is 9.07. The molecule has 1 spiro atoms. The van der Waals surface area contributed by atoms with E-state index in [2.05, 4.69) is 26.1 Å². The van der Waals surface area contributed by atoms with Crippen molar-refractivity contribution < 1.29 is 14.3 Å². The summed E-state index contributed by atoms with van der Waals surface area (Å²) in [4.78, 5) is 26.3. The Morgan fingerprint density at radius 3 is 2.54 bits per heavy atom. The fraction of sp³-hybridized carbons (Fsp3) is 0.600. The molecule has 1 unspecified atom stereocenters. The highest BCUT2D eigenvalue weighted by molar-refractivity contribution is 6.33. The predicted octanol–water partition coefficient (Wildman–Crippen LogP) is 3.72. The van der Waals surface area contributed by atoms with Crippen molar-refractivity contribution in [2.45, 2.75) is 51.7 Å². The summed E-state index contributed by atoms with van der Waals surface area (Å²) in [6.45, 7) is 6.19. The second-order valence-corrected chi connectivity index (χ2v) is 9.01. The molecule has 1 aromatic rings. The van der Waals surface area contributed by atoms with Crippen LogP contribution in [0.1, 0.15) is 40.0 Å². The molecule has 2 saturated carbocycles. The molecule has 2 aliphatic rings. The van der Waals surface area contributed by atoms with E-state index in [0.717, 1.165) is 19.3 Å². The molecule has 0 aromatic heterocycles. The van der Waals surface area contributed by atoms with E-state index >= 15 is 0 Å². The van der Waals surface area contributed by atoms with E-state index in [4.69, 9.17) is 16.3 Å². The van der Waals surface area contributed by atoms with Crippen LogP contribution in [-0.2, 0) is 14.3 Å². The molecule has 1 atom stereocenters. The first-order valence-corrected chi connectivity index (χ1v) is 9.45. The lowest BCUT2D eigenvalue weighted by molar-refractivity contribution is -0.141. The molecule has 0 radical (unpaired) electrons. The third kappa shape index (κ3) is 4.21. The molecule has 2 aliphatic carbocycles. The molecule has 6 heteroatoms. The molecule has 2 amide bonds. The topological polar surface area (TPSA) is 58.6 Å². The van der Waals surface area contributed by atoms with Crippen molar-refractivity contribution in [3.63, 3.8) is 0 Å². The van der Waals surface area contributed by atoms with Gasteiger partial charge in [0.1, 0.15) is 0 Å². The van der Waals surface area contributed by atoms with Gasteiger partial charge in [-0.1, -0.05) is 23.7 Å². The van der Waals surface area contributed by atoms with Crippen LogP contribution in [0.2, 0.25) is 5.02 Å². The lowest BCUT2D eigenvalue weighted by Crippen LogP contribution is -2.42. The molecular weight excluding hydrogens is 352 g/mol. The first-order chi connectivity index (χ1) is 12.1. The largest absolute Gasteiger partial charge is 0.373 e. The number of ether oxygens (including phenoxy) is 1. The highest BCUT2D eigenvalue weighted by atomic mass is 35.5. The first kappa shape index (κ1) is 19.2. The number of carbonyl (C=O) groups excluding carboxylic acids is 2. The number of rotatable bonds is 5. The number of hydrogen-bond acceptors (Lipinski definition) is 3. The van der Waals surface area contributed by atoms with Crippen molar-refractivity contribution in [2.24, 2.45) is 11.3 Å². The van der Waals surface area contributed by atoms with Gasteiger partial charge in [-0.05, 0) is 57.6 Å². The molecule has 0 bridgehead atoms. The zero-order valence-corrected chi connectivity index (χ0v) is 16.6. The molecular formula is C20H27ClN2O3. The average molecular weight is 379 g/mol. The predicted molar refractivity (Wildman–Crippen MR) is 102 cm³/mol. The molecule has 0 aliphatic heterocycles. The Labute approximate surface area is 160 Å². The summed E-state index contributed by atoms with van der Waals surface area (Å²) in [5.41, 5.74) is 0.526. The monoisotopic (exact) mass is 378 g/mol. The van der Waals surface area contributed by atoms with E-state index < -0.39 is 0 Å². The molecule has 0 heterocycles. The maximum Gasteiger partial charge on any atom is 0.244 e. The second kappa shape index (κ2) is 6.86. The van der Waals surface area contributed by atoms with Crippen LogP contribution in [0.4, 0.5) is 5.69 Å². The Morgan fingerprint density at radius 1 is 1.27 bits per heavy atom. The van der Waals surface area contributed by atoms with Crippen molar-refractivity contribution in [2.75, 3.05) is 18.9 Å². The van der Waals surface area contributed by atoms with Gasteiger partial charge in [0.25, 0.3) is 0 Å². The summed E-state index contributed by atoms with van der Waals surface area (Å²) in [5.74, 6) is -0.167. The van der Waals surface area contributed by atoms with E-state index in [9.17, 15) is 9.59 Å². The fourth-order valence-electron chi connectivity index (χ4n) is 3.89. The summed E-state index contributed by atoms with van der Waals surface area (Å²) in [5, 5.41) is 3.23. The number of nitrogens with one attached hydrogen (secondary N) is 1. The molecule has 5 nitrogen and oxygen atoms in total. The van der Waals surface area contributed by atoms with Gasteiger partial charge >= 0.3 is 0 Å². The van der Waals surface area contributed by atoms with Gasteiger partial charge in [0.2, 0.25) is 11.8 Å². The number of amides is 2. The van der Waals surface area contributed by atoms with E-state index in [-0.39, 0.29) is 41.4 Å². The molecule has 26 heavy (non-hydrogen) atoms. The maximum atomic E-state index is 12.6. The number of hydrogen-bond donors (Lipinski definition) is 1. The molecule has 0 saturated heterocycles. The Hall–Kier alpha value is -1.59. The van der Waals surface area contributed by atoms with Crippen LogP contribution in [0.5, 0.6) is 0 Å². The van der Waals surface area contributed by atoms with Crippen molar-refractivity contribution in [1.82, 2.24) is 4.90 Å². The van der Waals surface area contributed by atoms with Crippen LogP contribution in [0.25, 0.3) is 0 Å². The zero-order valence-electron chi connectivity index (χ0n) is 15.8. The number of likely N-dealkylation sites (N-methyl/N-ethyl adjacent to an activating group) is 1. The highest BCUT2D eigenvalue weighted by Crippen LogP contribution is 2.66. The smallest absolute Gasteiger partial charge is 0.244 e. The Bertz CT molecular complexity index is 707. The van der Waals surface area contributed by atoms with Gasteiger partial charge in [-0.2, -0.15) is 0 Å². The van der Waals surface area contributed by atoms with Crippen LogP contribution in [0.3, 0.4) is 0 Å². The fourth-order valence-corrected chi connectivity index (χ4v) is 4.07. The summed E-state index contributed by atoms with van der Waals surface area (Å²) in [6, 6.07) is 7.06. The van der Waals surface area contributed by atoms with Crippen molar-refractivity contribution in [1.29, 1.82) is 0 Å². The Balaban J connectivity index is 1.46. The molecule has 142 valence electrons. The van der Waals surface area contributed by atoms with Gasteiger partial charge in [-0.3, -0.25) is 9.59 Å². The van der Waals surface area contributed by atoms with Crippen LogP contribution in [0, 0.1) is 11.3 Å². The Kier molecular flexibility index (Phi) is 5.06. The standard InChI is InChI=1S/C20H27ClN2O3/c1-19(2,3)26-13-9-20(10-13)11-14(20)18(25)23(4)12-17(24)22-16-8-6-5-7-15(16)21/h5-8,13-14H,9-12H2,1-4H3,(H,22,24). The summed E-state index contributed by atoms with van der Waals surface area (Å²) in [7, 11) is 1.68. The van der Waals surface area contributed by atoms with Gasteiger partial charge in [0.05, 0.1) is 29.0 Å². The lowest BCUT2D eigenvalue weighted by atomic mass is 9.76. The van der Waals surface area contributed by atoms with E-state index in [1.54, 1.807) is 31.3 Å². The van der Waals surface area contributed by atoms with Crippen molar-refractivity contribution in [3.8, 4) is 0 Å². The minimum atomic E-state index is -0.244. The van der Waals surface area contributed by atoms with Crippen LogP contribution >= 0.6 is 11.6 Å². The molecule has 1 N–H and O–H groups in total. The molecule has 2 fully saturated rings. The summed E-state index contributed by atoms with van der Waals surface area (Å²) >= 11 is 6.04. The van der Waals surface area contributed by atoms with E-state index in [1.807, 2.05) is 0 Å². The maximum absolute atomic E-state index is 12.6. The Morgan fingerprint density at radius 2 is 1.92 bits per heavy atom. The quantitative estimate of drug-likeness (QED) is 0.849. The molecule has 3 rings (SSSR count). The number of nitrogens with zero attached hydrogens (tertiary/aromatic N) is 1. The second-order valence-electron chi connectivity index (χ2n) is 8.60.